The number of halogens is 1. The van der Waals surface area contributed by atoms with Crippen molar-refractivity contribution in [2.75, 3.05) is 0 Å². The van der Waals surface area contributed by atoms with Gasteiger partial charge >= 0.3 is 0 Å². The molecule has 1 aromatic carbocycles. The van der Waals surface area contributed by atoms with Gasteiger partial charge in [-0.1, -0.05) is 30.7 Å². The summed E-state index contributed by atoms with van der Waals surface area (Å²) in [4.78, 5) is 0. The molecular formula is C12H15ClN4. The van der Waals surface area contributed by atoms with Gasteiger partial charge in [0.05, 0.1) is 17.6 Å². The molecule has 0 unspecified atom stereocenters. The molecule has 2 rings (SSSR count). The third-order valence-corrected chi connectivity index (χ3v) is 2.58. The highest BCUT2D eigenvalue weighted by atomic mass is 35.5. The number of aromatic nitrogens is 3. The van der Waals surface area contributed by atoms with E-state index < -0.39 is 0 Å². The Hall–Kier alpha value is -1.39. The van der Waals surface area contributed by atoms with Gasteiger partial charge in [-0.3, -0.25) is 0 Å². The molecule has 0 fully saturated rings. The quantitative estimate of drug-likeness (QED) is 0.906. The molecule has 0 aliphatic heterocycles. The first-order valence-electron chi connectivity index (χ1n) is 5.55. The topological polar surface area (TPSA) is 42.7 Å². The SMILES string of the molecule is CC(C)NCc1cn(-c2ccc(Cl)cc2)nn1. The molecule has 0 aliphatic carbocycles. The second kappa shape index (κ2) is 5.29. The van der Waals surface area contributed by atoms with Crippen LogP contribution in [-0.4, -0.2) is 21.0 Å². The lowest BCUT2D eigenvalue weighted by atomic mass is 10.3. The molecule has 0 amide bonds. The van der Waals surface area contributed by atoms with Crippen LogP contribution >= 0.6 is 11.6 Å². The summed E-state index contributed by atoms with van der Waals surface area (Å²) in [6, 6.07) is 7.94. The molecule has 4 nitrogen and oxygen atoms in total. The Labute approximate surface area is 106 Å². The van der Waals surface area contributed by atoms with E-state index in [1.807, 2.05) is 30.5 Å². The highest BCUT2D eigenvalue weighted by Gasteiger charge is 2.03. The molecule has 1 heterocycles. The van der Waals surface area contributed by atoms with Crippen molar-refractivity contribution < 1.29 is 0 Å². The predicted molar refractivity (Wildman–Crippen MR) is 68.3 cm³/mol. The summed E-state index contributed by atoms with van der Waals surface area (Å²) >= 11 is 5.83. The van der Waals surface area contributed by atoms with Crippen LogP contribution in [0, 0.1) is 0 Å². The van der Waals surface area contributed by atoms with Gasteiger partial charge in [0.1, 0.15) is 0 Å². The minimum absolute atomic E-state index is 0.440. The summed E-state index contributed by atoms with van der Waals surface area (Å²) in [5, 5.41) is 12.2. The number of hydrogen-bond acceptors (Lipinski definition) is 3. The fraction of sp³-hybridized carbons (Fsp3) is 0.333. The Morgan fingerprint density at radius 1 is 1.29 bits per heavy atom. The van der Waals surface area contributed by atoms with Gasteiger partial charge in [-0.25, -0.2) is 4.68 Å². The lowest BCUT2D eigenvalue weighted by molar-refractivity contribution is 0.580. The third kappa shape index (κ3) is 3.28. The Morgan fingerprint density at radius 3 is 2.65 bits per heavy atom. The number of nitrogens with one attached hydrogen (secondary N) is 1. The standard InChI is InChI=1S/C12H15ClN4/c1-9(2)14-7-11-8-17(16-15-11)12-5-3-10(13)4-6-12/h3-6,8-9,14H,7H2,1-2H3. The predicted octanol–water partition coefficient (Wildman–Crippen LogP) is 2.42. The van der Waals surface area contributed by atoms with Crippen molar-refractivity contribution in [1.82, 2.24) is 20.3 Å². The smallest absolute Gasteiger partial charge is 0.0969 e. The van der Waals surface area contributed by atoms with Gasteiger partial charge in [-0.05, 0) is 24.3 Å². The third-order valence-electron chi connectivity index (χ3n) is 2.32. The van der Waals surface area contributed by atoms with E-state index in [2.05, 4.69) is 29.5 Å². The van der Waals surface area contributed by atoms with Crippen molar-refractivity contribution in [2.45, 2.75) is 26.4 Å². The summed E-state index contributed by atoms with van der Waals surface area (Å²) < 4.78 is 1.74. The molecule has 5 heteroatoms. The Morgan fingerprint density at radius 2 is 2.00 bits per heavy atom. The molecule has 0 saturated heterocycles. The van der Waals surface area contributed by atoms with E-state index in [1.54, 1.807) is 4.68 Å². The minimum Gasteiger partial charge on any atom is -0.309 e. The Balaban J connectivity index is 2.10. The summed E-state index contributed by atoms with van der Waals surface area (Å²) in [7, 11) is 0. The normalized spacial score (nSPS) is 11.1. The van der Waals surface area contributed by atoms with Gasteiger partial charge in [0, 0.05) is 17.6 Å². The van der Waals surface area contributed by atoms with Crippen molar-refractivity contribution >= 4 is 11.6 Å². The Bertz CT molecular complexity index is 476. The molecule has 90 valence electrons. The van der Waals surface area contributed by atoms with Crippen molar-refractivity contribution in [3.05, 3.63) is 41.2 Å². The van der Waals surface area contributed by atoms with Crippen LogP contribution in [0.2, 0.25) is 5.02 Å². The van der Waals surface area contributed by atoms with E-state index in [0.717, 1.165) is 22.9 Å². The lowest BCUT2D eigenvalue weighted by Gasteiger charge is -2.04. The second-order valence-corrected chi connectivity index (χ2v) is 4.60. The van der Waals surface area contributed by atoms with E-state index in [-0.39, 0.29) is 0 Å². The molecule has 2 aromatic rings. The molecule has 0 atom stereocenters. The maximum atomic E-state index is 5.83. The zero-order valence-electron chi connectivity index (χ0n) is 9.89. The number of hydrogen-bond donors (Lipinski definition) is 1. The van der Waals surface area contributed by atoms with E-state index in [9.17, 15) is 0 Å². The van der Waals surface area contributed by atoms with Gasteiger partial charge in [0.15, 0.2) is 0 Å². The number of benzene rings is 1. The van der Waals surface area contributed by atoms with Crippen LogP contribution in [0.5, 0.6) is 0 Å². The van der Waals surface area contributed by atoms with Gasteiger partial charge in [0.2, 0.25) is 0 Å². The summed E-state index contributed by atoms with van der Waals surface area (Å²) in [6.45, 7) is 4.93. The van der Waals surface area contributed by atoms with E-state index in [4.69, 9.17) is 11.6 Å². The fourth-order valence-electron chi connectivity index (χ4n) is 1.41. The van der Waals surface area contributed by atoms with Gasteiger partial charge in [0.25, 0.3) is 0 Å². The molecule has 0 saturated carbocycles. The number of rotatable bonds is 4. The highest BCUT2D eigenvalue weighted by molar-refractivity contribution is 6.30. The second-order valence-electron chi connectivity index (χ2n) is 4.17. The first-order chi connectivity index (χ1) is 8.15. The van der Waals surface area contributed by atoms with Gasteiger partial charge < -0.3 is 5.32 Å². The molecule has 0 aliphatic rings. The Kier molecular flexibility index (Phi) is 3.76. The first kappa shape index (κ1) is 12.1. The van der Waals surface area contributed by atoms with E-state index in [0.29, 0.717) is 6.04 Å². The molecule has 17 heavy (non-hydrogen) atoms. The average Bonchev–Trinajstić information content (AvgIpc) is 2.76. The summed E-state index contributed by atoms with van der Waals surface area (Å²) in [5.74, 6) is 0. The summed E-state index contributed by atoms with van der Waals surface area (Å²) in [5.41, 5.74) is 1.88. The van der Waals surface area contributed by atoms with Gasteiger partial charge in [-0.2, -0.15) is 0 Å². The van der Waals surface area contributed by atoms with Crippen LogP contribution in [0.4, 0.5) is 0 Å². The molecule has 1 aromatic heterocycles. The number of nitrogens with zero attached hydrogens (tertiary/aromatic N) is 3. The van der Waals surface area contributed by atoms with Crippen molar-refractivity contribution in [1.29, 1.82) is 0 Å². The van der Waals surface area contributed by atoms with Crippen LogP contribution in [0.25, 0.3) is 5.69 Å². The van der Waals surface area contributed by atoms with Crippen LogP contribution in [0.15, 0.2) is 30.5 Å². The van der Waals surface area contributed by atoms with E-state index >= 15 is 0 Å². The first-order valence-corrected chi connectivity index (χ1v) is 5.93. The molecule has 0 spiro atoms. The van der Waals surface area contributed by atoms with Crippen LogP contribution in [0.1, 0.15) is 19.5 Å². The maximum Gasteiger partial charge on any atom is 0.0969 e. The van der Waals surface area contributed by atoms with Crippen molar-refractivity contribution in [3.8, 4) is 5.69 Å². The molecule has 0 bridgehead atoms. The van der Waals surface area contributed by atoms with Crippen LogP contribution in [0.3, 0.4) is 0 Å². The van der Waals surface area contributed by atoms with E-state index in [1.165, 1.54) is 0 Å². The van der Waals surface area contributed by atoms with Crippen molar-refractivity contribution in [2.24, 2.45) is 0 Å². The van der Waals surface area contributed by atoms with Crippen molar-refractivity contribution in [3.63, 3.8) is 0 Å². The van der Waals surface area contributed by atoms with Crippen LogP contribution < -0.4 is 5.32 Å². The average molecular weight is 251 g/mol. The van der Waals surface area contributed by atoms with Gasteiger partial charge in [-0.15, -0.1) is 5.10 Å². The lowest BCUT2D eigenvalue weighted by Crippen LogP contribution is -2.21. The maximum absolute atomic E-state index is 5.83. The minimum atomic E-state index is 0.440. The zero-order chi connectivity index (χ0) is 12.3. The zero-order valence-corrected chi connectivity index (χ0v) is 10.6. The molecular weight excluding hydrogens is 236 g/mol. The summed E-state index contributed by atoms with van der Waals surface area (Å²) in [6.07, 6.45) is 1.92. The highest BCUT2D eigenvalue weighted by Crippen LogP contribution is 2.12. The molecule has 0 radical (unpaired) electrons. The van der Waals surface area contributed by atoms with Crippen LogP contribution in [-0.2, 0) is 6.54 Å². The fourth-order valence-corrected chi connectivity index (χ4v) is 1.53. The molecule has 1 N–H and O–H groups in total. The largest absolute Gasteiger partial charge is 0.309 e. The monoisotopic (exact) mass is 250 g/mol.